The highest BCUT2D eigenvalue weighted by Gasteiger charge is 2.17. The molecule has 19 heavy (non-hydrogen) atoms. The summed E-state index contributed by atoms with van der Waals surface area (Å²) < 4.78 is 32.1. The van der Waals surface area contributed by atoms with Gasteiger partial charge in [0.25, 0.3) is 0 Å². The van der Waals surface area contributed by atoms with E-state index in [9.17, 15) is 8.42 Å². The van der Waals surface area contributed by atoms with E-state index in [0.29, 0.717) is 26.2 Å². The molecule has 0 bridgehead atoms. The topological polar surface area (TPSA) is 67.4 Å². The maximum atomic E-state index is 12.0. The molecule has 0 radical (unpaired) electrons. The van der Waals surface area contributed by atoms with Crippen molar-refractivity contribution in [2.75, 3.05) is 33.4 Å². The Morgan fingerprint density at radius 2 is 2.05 bits per heavy atom. The number of nitrogens with one attached hydrogen (secondary N) is 2. The van der Waals surface area contributed by atoms with Crippen molar-refractivity contribution in [2.45, 2.75) is 4.90 Å². The first-order valence-corrected chi connectivity index (χ1v) is 8.27. The molecular formula is C11H16BrClN2O3S. The lowest BCUT2D eigenvalue weighted by Crippen LogP contribution is -2.33. The molecule has 8 heteroatoms. The van der Waals surface area contributed by atoms with Gasteiger partial charge in [0.2, 0.25) is 10.0 Å². The second kappa shape index (κ2) is 8.18. The number of halogens is 2. The van der Waals surface area contributed by atoms with Crippen LogP contribution in [0.4, 0.5) is 0 Å². The summed E-state index contributed by atoms with van der Waals surface area (Å²) in [5, 5.41) is 3.23. The van der Waals surface area contributed by atoms with Gasteiger partial charge in [-0.25, -0.2) is 13.1 Å². The smallest absolute Gasteiger partial charge is 0.242 e. The normalized spacial score (nSPS) is 11.7. The molecule has 0 aliphatic rings. The van der Waals surface area contributed by atoms with Crippen LogP contribution in [0, 0.1) is 0 Å². The van der Waals surface area contributed by atoms with E-state index in [1.54, 1.807) is 19.2 Å². The lowest BCUT2D eigenvalue weighted by Gasteiger charge is -2.09. The first-order chi connectivity index (χ1) is 8.97. The van der Waals surface area contributed by atoms with Crippen LogP contribution in [0.3, 0.4) is 0 Å². The molecule has 0 aliphatic carbocycles. The van der Waals surface area contributed by atoms with Crippen LogP contribution in [0.25, 0.3) is 0 Å². The molecule has 0 spiro atoms. The SMILES string of the molecule is COCCNCCNS(=O)(=O)c1ccc(Br)cc1Cl. The minimum atomic E-state index is -3.57. The Balaban J connectivity index is 2.52. The number of rotatable bonds is 8. The molecule has 0 unspecified atom stereocenters. The van der Waals surface area contributed by atoms with Crippen molar-refractivity contribution < 1.29 is 13.2 Å². The summed E-state index contributed by atoms with van der Waals surface area (Å²) >= 11 is 9.14. The van der Waals surface area contributed by atoms with Gasteiger partial charge in [0.15, 0.2) is 0 Å². The third-order valence-corrected chi connectivity index (χ3v) is 4.70. The monoisotopic (exact) mass is 370 g/mol. The summed E-state index contributed by atoms with van der Waals surface area (Å²) in [6.07, 6.45) is 0. The molecule has 2 N–H and O–H groups in total. The molecule has 1 aromatic rings. The number of methoxy groups -OCH3 is 1. The van der Waals surface area contributed by atoms with Gasteiger partial charge in [-0.1, -0.05) is 27.5 Å². The van der Waals surface area contributed by atoms with Gasteiger partial charge in [0.05, 0.1) is 11.6 Å². The van der Waals surface area contributed by atoms with Crippen LogP contribution in [-0.2, 0) is 14.8 Å². The Bertz CT molecular complexity index is 511. The molecule has 0 atom stereocenters. The van der Waals surface area contributed by atoms with Gasteiger partial charge in [0.1, 0.15) is 4.90 Å². The standard InChI is InChI=1S/C11H16BrClN2O3S/c1-18-7-6-14-4-5-15-19(16,17)11-3-2-9(12)8-10(11)13/h2-3,8,14-15H,4-7H2,1H3. The summed E-state index contributed by atoms with van der Waals surface area (Å²) in [6, 6.07) is 4.65. The average Bonchev–Trinajstić information content (AvgIpc) is 2.33. The van der Waals surface area contributed by atoms with Crippen molar-refractivity contribution in [1.82, 2.24) is 10.0 Å². The molecule has 0 saturated carbocycles. The van der Waals surface area contributed by atoms with Crippen LogP contribution in [0.15, 0.2) is 27.6 Å². The largest absolute Gasteiger partial charge is 0.383 e. The Hall–Kier alpha value is -0.180. The molecule has 5 nitrogen and oxygen atoms in total. The minimum absolute atomic E-state index is 0.0780. The van der Waals surface area contributed by atoms with E-state index in [4.69, 9.17) is 16.3 Å². The first kappa shape index (κ1) is 16.9. The molecule has 1 aromatic carbocycles. The third-order valence-electron chi connectivity index (χ3n) is 2.26. The molecule has 0 fully saturated rings. The zero-order chi connectivity index (χ0) is 14.3. The van der Waals surface area contributed by atoms with Gasteiger partial charge in [-0.2, -0.15) is 0 Å². The molecule has 0 amide bonds. The maximum Gasteiger partial charge on any atom is 0.242 e. The number of benzene rings is 1. The zero-order valence-electron chi connectivity index (χ0n) is 10.4. The van der Waals surface area contributed by atoms with E-state index in [1.807, 2.05) is 0 Å². The Labute approximate surface area is 126 Å². The summed E-state index contributed by atoms with van der Waals surface area (Å²) in [4.78, 5) is 0.0780. The van der Waals surface area contributed by atoms with Crippen molar-refractivity contribution in [3.05, 3.63) is 27.7 Å². The van der Waals surface area contributed by atoms with E-state index in [-0.39, 0.29) is 9.92 Å². The summed E-state index contributed by atoms with van der Waals surface area (Å²) in [7, 11) is -1.96. The van der Waals surface area contributed by atoms with E-state index in [1.165, 1.54) is 6.07 Å². The van der Waals surface area contributed by atoms with Crippen LogP contribution in [-0.4, -0.2) is 41.8 Å². The highest BCUT2D eigenvalue weighted by molar-refractivity contribution is 9.10. The van der Waals surface area contributed by atoms with E-state index in [2.05, 4.69) is 26.0 Å². The fourth-order valence-electron chi connectivity index (χ4n) is 1.34. The molecule has 0 aromatic heterocycles. The molecule has 0 saturated heterocycles. The van der Waals surface area contributed by atoms with E-state index < -0.39 is 10.0 Å². The van der Waals surface area contributed by atoms with Gasteiger partial charge < -0.3 is 10.1 Å². The summed E-state index contributed by atoms with van der Waals surface area (Å²) in [6.45, 7) is 2.08. The second-order valence-corrected chi connectivity index (χ2v) is 6.77. The maximum absolute atomic E-state index is 12.0. The number of ether oxygens (including phenoxy) is 1. The van der Waals surface area contributed by atoms with E-state index >= 15 is 0 Å². The fraction of sp³-hybridized carbons (Fsp3) is 0.455. The van der Waals surface area contributed by atoms with Crippen molar-refractivity contribution >= 4 is 37.6 Å². The highest BCUT2D eigenvalue weighted by Crippen LogP contribution is 2.24. The molecular weight excluding hydrogens is 356 g/mol. The van der Waals surface area contributed by atoms with Crippen LogP contribution in [0.1, 0.15) is 0 Å². The second-order valence-electron chi connectivity index (χ2n) is 3.72. The number of hydrogen-bond donors (Lipinski definition) is 2. The molecule has 0 aliphatic heterocycles. The Kier molecular flexibility index (Phi) is 7.27. The highest BCUT2D eigenvalue weighted by atomic mass is 79.9. The number of hydrogen-bond acceptors (Lipinski definition) is 4. The average molecular weight is 372 g/mol. The lowest BCUT2D eigenvalue weighted by molar-refractivity contribution is 0.199. The Morgan fingerprint density at radius 3 is 2.68 bits per heavy atom. The number of sulfonamides is 1. The van der Waals surface area contributed by atoms with Gasteiger partial charge in [-0.05, 0) is 18.2 Å². The van der Waals surface area contributed by atoms with Crippen LogP contribution < -0.4 is 10.0 Å². The van der Waals surface area contributed by atoms with Crippen molar-refractivity contribution in [3.63, 3.8) is 0 Å². The van der Waals surface area contributed by atoms with Gasteiger partial charge in [0, 0.05) is 31.2 Å². The van der Waals surface area contributed by atoms with Crippen molar-refractivity contribution in [2.24, 2.45) is 0 Å². The van der Waals surface area contributed by atoms with E-state index in [0.717, 1.165) is 4.47 Å². The quantitative estimate of drug-likeness (QED) is 0.681. The van der Waals surface area contributed by atoms with Gasteiger partial charge >= 0.3 is 0 Å². The van der Waals surface area contributed by atoms with Crippen LogP contribution >= 0.6 is 27.5 Å². The Morgan fingerprint density at radius 1 is 1.32 bits per heavy atom. The zero-order valence-corrected chi connectivity index (χ0v) is 13.6. The van der Waals surface area contributed by atoms with Crippen molar-refractivity contribution in [1.29, 1.82) is 0 Å². The summed E-state index contributed by atoms with van der Waals surface area (Å²) in [5.74, 6) is 0. The van der Waals surface area contributed by atoms with Gasteiger partial charge in [-0.3, -0.25) is 0 Å². The molecule has 0 heterocycles. The minimum Gasteiger partial charge on any atom is -0.383 e. The lowest BCUT2D eigenvalue weighted by atomic mass is 10.4. The third kappa shape index (κ3) is 5.76. The first-order valence-electron chi connectivity index (χ1n) is 5.62. The fourth-order valence-corrected chi connectivity index (χ4v) is 3.41. The van der Waals surface area contributed by atoms with Gasteiger partial charge in [-0.15, -0.1) is 0 Å². The molecule has 1 rings (SSSR count). The molecule has 108 valence electrons. The predicted octanol–water partition coefficient (Wildman–Crippen LogP) is 1.62. The van der Waals surface area contributed by atoms with Crippen molar-refractivity contribution in [3.8, 4) is 0 Å². The predicted molar refractivity (Wildman–Crippen MR) is 79.1 cm³/mol. The van der Waals surface area contributed by atoms with Crippen LogP contribution in [0.5, 0.6) is 0 Å². The summed E-state index contributed by atoms with van der Waals surface area (Å²) in [5.41, 5.74) is 0. The van der Waals surface area contributed by atoms with Crippen LogP contribution in [0.2, 0.25) is 5.02 Å².